The van der Waals surface area contributed by atoms with Gasteiger partial charge in [0.15, 0.2) is 35.8 Å². The van der Waals surface area contributed by atoms with Gasteiger partial charge in [0.25, 0.3) is 11.2 Å². The molecule has 1 saturated heterocycles. The lowest BCUT2D eigenvalue weighted by atomic mass is 9.97. The van der Waals surface area contributed by atoms with Crippen molar-refractivity contribution in [3.05, 3.63) is 206 Å². The third kappa shape index (κ3) is 13.0. The van der Waals surface area contributed by atoms with E-state index in [0.717, 1.165) is 0 Å². The molecule has 2 aromatic heterocycles. The number of aliphatic hydroxyl groups excluding tert-OH is 1. The summed E-state index contributed by atoms with van der Waals surface area (Å²) in [6.07, 6.45) is -8.67. The number of nitro benzene ring substituents is 1. The Labute approximate surface area is 428 Å². The number of hydrogen-bond donors (Lipinski definition) is 1. The molecule has 3 heterocycles. The molecule has 0 amide bonds. The number of benzene rings is 5. The largest absolute Gasteiger partial charge is 0.459 e. The van der Waals surface area contributed by atoms with Crippen LogP contribution in [0.1, 0.15) is 65.7 Å². The summed E-state index contributed by atoms with van der Waals surface area (Å²) in [5.74, 6) is -3.54. The van der Waals surface area contributed by atoms with Crippen LogP contribution in [0.15, 0.2) is 162 Å². The first-order chi connectivity index (χ1) is 36.2. The van der Waals surface area contributed by atoms with Crippen LogP contribution in [-0.2, 0) is 41.4 Å². The Bertz CT molecular complexity index is 3220. The lowest BCUT2D eigenvalue weighted by Gasteiger charge is -2.45. The van der Waals surface area contributed by atoms with Crippen LogP contribution in [0.2, 0.25) is 0 Å². The van der Waals surface area contributed by atoms with Gasteiger partial charge in [0.05, 0.1) is 51.5 Å². The molecule has 384 valence electrons. The second-order valence-electron chi connectivity index (χ2n) is 17.2. The third-order valence-corrected chi connectivity index (χ3v) is 11.7. The molecule has 7 aromatic rings. The smallest absolute Gasteiger partial charge is 0.338 e. The zero-order valence-electron chi connectivity index (χ0n) is 40.6. The van der Waals surface area contributed by atoms with Crippen molar-refractivity contribution in [3.63, 3.8) is 0 Å². The van der Waals surface area contributed by atoms with Gasteiger partial charge in [-0.15, -0.1) is 0 Å². The van der Waals surface area contributed by atoms with Crippen molar-refractivity contribution in [2.24, 2.45) is 4.99 Å². The molecule has 0 bridgehead atoms. The minimum atomic E-state index is -1.79. The number of carbonyl (C=O) groups is 4. The summed E-state index contributed by atoms with van der Waals surface area (Å²) >= 11 is 0. The highest BCUT2D eigenvalue weighted by molar-refractivity contribution is 5.91. The van der Waals surface area contributed by atoms with E-state index < -0.39 is 83.9 Å². The number of nitrogens with zero attached hydrogens (tertiary/aromatic N) is 7. The summed E-state index contributed by atoms with van der Waals surface area (Å²) in [4.78, 5) is 99.9. The van der Waals surface area contributed by atoms with Gasteiger partial charge < -0.3 is 38.4 Å². The van der Waals surface area contributed by atoms with E-state index in [1.165, 1.54) is 84.7 Å². The van der Waals surface area contributed by atoms with E-state index in [1.807, 2.05) is 0 Å². The van der Waals surface area contributed by atoms with Crippen molar-refractivity contribution >= 4 is 53.0 Å². The van der Waals surface area contributed by atoms with Gasteiger partial charge in [0.1, 0.15) is 18.8 Å². The van der Waals surface area contributed by atoms with Crippen LogP contribution < -0.4 is 5.56 Å². The van der Waals surface area contributed by atoms with Gasteiger partial charge in [-0.2, -0.15) is 4.98 Å². The fourth-order valence-corrected chi connectivity index (χ4v) is 7.79. The lowest BCUT2D eigenvalue weighted by molar-refractivity contribution is -0.384. The summed E-state index contributed by atoms with van der Waals surface area (Å²) in [5, 5.41) is 23.3. The van der Waals surface area contributed by atoms with Crippen molar-refractivity contribution in [3.8, 4) is 0 Å². The molecule has 1 aliphatic heterocycles. The van der Waals surface area contributed by atoms with Gasteiger partial charge in [-0.05, 0) is 67.4 Å². The maximum Gasteiger partial charge on any atom is 0.338 e. The third-order valence-electron chi connectivity index (χ3n) is 11.7. The Hall–Kier alpha value is -9.05. The Balaban J connectivity index is 1.16. The van der Waals surface area contributed by atoms with Crippen molar-refractivity contribution in [2.45, 2.75) is 62.8 Å². The number of fused-ring (bicyclic) bond motifs is 1. The molecule has 1 fully saturated rings. The number of aromatic nitrogens is 4. The quantitative estimate of drug-likeness (QED) is 0.0234. The average molecular weight is 1020 g/mol. The summed E-state index contributed by atoms with van der Waals surface area (Å²) in [6, 6.07) is 37.5. The number of ether oxygens (including phenoxy) is 6. The molecule has 21 heteroatoms. The topological polar surface area (TPSA) is 263 Å². The van der Waals surface area contributed by atoms with Crippen LogP contribution in [0, 0.1) is 10.1 Å². The molecule has 8 rings (SSSR count). The predicted molar refractivity (Wildman–Crippen MR) is 268 cm³/mol. The highest BCUT2D eigenvalue weighted by Crippen LogP contribution is 2.34. The molecular formula is C54H49N7O14. The molecule has 0 saturated carbocycles. The van der Waals surface area contributed by atoms with E-state index in [1.54, 1.807) is 104 Å². The average Bonchev–Trinajstić information content (AvgIpc) is 3.44. The molecule has 0 aliphatic carbocycles. The Morgan fingerprint density at radius 3 is 1.77 bits per heavy atom. The summed E-state index contributed by atoms with van der Waals surface area (Å²) in [5.41, 5.74) is -0.165. The number of non-ortho nitro benzene ring substituents is 1. The van der Waals surface area contributed by atoms with Crippen molar-refractivity contribution < 1.29 is 57.6 Å². The molecule has 0 spiro atoms. The number of aryl methyl sites for hydroxylation is 1. The molecule has 0 radical (unpaired) electrons. The van der Waals surface area contributed by atoms with Gasteiger partial charge >= 0.3 is 23.9 Å². The monoisotopic (exact) mass is 1020 g/mol. The first-order valence-electron chi connectivity index (χ1n) is 23.4. The normalized spacial score (nSPS) is 18.1. The van der Waals surface area contributed by atoms with Crippen LogP contribution in [0.3, 0.4) is 0 Å². The van der Waals surface area contributed by atoms with E-state index >= 15 is 0 Å². The Kier molecular flexibility index (Phi) is 16.8. The van der Waals surface area contributed by atoms with Crippen LogP contribution in [0.25, 0.3) is 11.2 Å². The van der Waals surface area contributed by atoms with Gasteiger partial charge in [-0.3, -0.25) is 19.5 Å². The van der Waals surface area contributed by atoms with E-state index in [0.29, 0.717) is 5.56 Å². The summed E-state index contributed by atoms with van der Waals surface area (Å²) < 4.78 is 38.3. The number of nitro groups is 1. The fourth-order valence-electron chi connectivity index (χ4n) is 7.79. The van der Waals surface area contributed by atoms with E-state index in [2.05, 4.69) is 19.9 Å². The minimum Gasteiger partial charge on any atom is -0.459 e. The highest BCUT2D eigenvalue weighted by atomic mass is 16.7. The van der Waals surface area contributed by atoms with Crippen LogP contribution in [0.5, 0.6) is 0 Å². The standard InChI is InChI=1S/C54H49N7O14/c1-33(43(62)40-30-55-47-42(57-40)48(63)60(54(58-47)56-32-59(2)3)29-28-34-24-26-39(27-25-34)61(68)69)71-53-46(75-52(67)38-22-14-7-15-23-38)45(74-51(66)37-20-12-6-13-21-37)44(73-50(65)36-18-10-5-11-19-36)41(72-53)31-70-49(64)35-16-8-4-9-17-35/h4-27,30,32-33,41,43-46,53,62H,28-29,31H2,1-3H3/b56-32+/t33-,41+,43-,44+,45-,46+,53+/m0/s1. The fraction of sp³-hybridized carbons (Fsp3) is 0.241. The Morgan fingerprint density at radius 1 is 0.747 bits per heavy atom. The first-order valence-corrected chi connectivity index (χ1v) is 23.4. The number of hydrogen-bond acceptors (Lipinski definition) is 18. The summed E-state index contributed by atoms with van der Waals surface area (Å²) in [6.45, 7) is 0.818. The number of aliphatic hydroxyl groups is 1. The second-order valence-corrected chi connectivity index (χ2v) is 17.2. The van der Waals surface area contributed by atoms with Crippen molar-refractivity contribution in [2.75, 3.05) is 20.7 Å². The molecule has 5 aromatic carbocycles. The number of carbonyl (C=O) groups excluding carboxylic acids is 4. The van der Waals surface area contributed by atoms with E-state index in [4.69, 9.17) is 28.4 Å². The van der Waals surface area contributed by atoms with Gasteiger partial charge in [0.2, 0.25) is 5.95 Å². The van der Waals surface area contributed by atoms with Crippen molar-refractivity contribution in [1.82, 2.24) is 24.4 Å². The zero-order valence-corrected chi connectivity index (χ0v) is 40.6. The molecule has 1 N–H and O–H groups in total. The number of aliphatic imine (C=N–C) groups is 1. The maximum absolute atomic E-state index is 14.3. The molecule has 75 heavy (non-hydrogen) atoms. The van der Waals surface area contributed by atoms with Crippen LogP contribution in [0.4, 0.5) is 11.6 Å². The zero-order chi connectivity index (χ0) is 53.0. The van der Waals surface area contributed by atoms with Crippen molar-refractivity contribution in [1.29, 1.82) is 0 Å². The molecule has 7 atom stereocenters. The molecule has 1 aliphatic rings. The molecular weight excluding hydrogens is 971 g/mol. The van der Waals surface area contributed by atoms with E-state index in [9.17, 15) is 39.2 Å². The van der Waals surface area contributed by atoms with Crippen LogP contribution in [-0.4, -0.2) is 122 Å². The second kappa shape index (κ2) is 24.1. The maximum atomic E-state index is 14.3. The first kappa shape index (κ1) is 52.3. The van der Waals surface area contributed by atoms with Gasteiger partial charge in [-0.25, -0.2) is 34.1 Å². The van der Waals surface area contributed by atoms with E-state index in [-0.39, 0.29) is 63.7 Å². The molecule has 0 unspecified atom stereocenters. The Morgan fingerprint density at radius 2 is 1.25 bits per heavy atom. The lowest BCUT2D eigenvalue weighted by Crippen LogP contribution is -2.63. The minimum absolute atomic E-state index is 0.00720. The highest BCUT2D eigenvalue weighted by Gasteiger charge is 2.54. The number of esters is 4. The SMILES string of the molecule is C[C@H](O[C@@H]1O[C@H](COC(=O)c2ccccc2)[C@@H](OC(=O)c2ccccc2)[C@H](OC(=O)c2ccccc2)[C@H]1OC(=O)c1ccccc1)[C@H](O)c1cnc2nc(/N=C/N(C)C)n(CCc3ccc([N+](=O)[O-])cc3)c(=O)c2n1. The number of rotatable bonds is 19. The van der Waals surface area contributed by atoms with Crippen LogP contribution >= 0.6 is 0 Å². The van der Waals surface area contributed by atoms with Gasteiger partial charge in [-0.1, -0.05) is 84.9 Å². The molecule has 21 nitrogen and oxygen atoms in total. The summed E-state index contributed by atoms with van der Waals surface area (Å²) in [7, 11) is 3.46. The predicted octanol–water partition coefficient (Wildman–Crippen LogP) is 6.26. The van der Waals surface area contributed by atoms with Gasteiger partial charge in [0, 0.05) is 32.8 Å².